The molecule has 0 unspecified atom stereocenters. The number of benzene rings is 10. The second kappa shape index (κ2) is 11.8. The summed E-state index contributed by atoms with van der Waals surface area (Å²) >= 11 is 0. The summed E-state index contributed by atoms with van der Waals surface area (Å²) in [5, 5.41) is 12.6. The topological polar surface area (TPSA) is 17.8 Å². The van der Waals surface area contributed by atoms with Crippen molar-refractivity contribution in [2.45, 2.75) is 0 Å². The first-order valence-corrected chi connectivity index (χ1v) is 18.2. The molecule has 0 saturated heterocycles. The third-order valence-electron chi connectivity index (χ3n) is 10.9. The summed E-state index contributed by atoms with van der Waals surface area (Å²) in [5.74, 6) is 0.935. The van der Waals surface area contributed by atoms with E-state index in [-0.39, 0.29) is 0 Å². The van der Waals surface area contributed by atoms with E-state index in [1.54, 1.807) is 0 Å². The predicted molar refractivity (Wildman–Crippen MR) is 225 cm³/mol. The molecule has 0 saturated carbocycles. The molecular weight excluding hydrogens is 641 g/mol. The van der Waals surface area contributed by atoms with Crippen molar-refractivity contribution in [3.63, 3.8) is 0 Å². The number of hydrogen-bond donors (Lipinski definition) is 0. The van der Waals surface area contributed by atoms with Gasteiger partial charge in [0, 0.05) is 11.3 Å². The van der Waals surface area contributed by atoms with Crippen molar-refractivity contribution in [3.8, 4) is 39.3 Å². The maximum atomic E-state index is 5.13. The fourth-order valence-corrected chi connectivity index (χ4v) is 8.58. The Morgan fingerprint density at radius 1 is 0.340 bits per heavy atom. The van der Waals surface area contributed by atoms with Crippen LogP contribution in [0, 0.1) is 0 Å². The van der Waals surface area contributed by atoms with Crippen LogP contribution >= 0.6 is 0 Å². The lowest BCUT2D eigenvalue weighted by molar-refractivity contribution is 1.10. The van der Waals surface area contributed by atoms with Gasteiger partial charge in [0.2, 0.25) is 0 Å². The largest absolute Gasteiger partial charge is 0.292 e. The van der Waals surface area contributed by atoms with Gasteiger partial charge in [0.15, 0.2) is 0 Å². The Hall–Kier alpha value is -7.03. The Bertz CT molecular complexity index is 3150. The smallest absolute Gasteiger partial charge is 0.145 e. The van der Waals surface area contributed by atoms with Gasteiger partial charge >= 0.3 is 0 Å². The zero-order valence-corrected chi connectivity index (χ0v) is 28.9. The van der Waals surface area contributed by atoms with Gasteiger partial charge in [-0.1, -0.05) is 152 Å². The van der Waals surface area contributed by atoms with Gasteiger partial charge in [-0.05, 0) is 119 Å². The van der Waals surface area contributed by atoms with E-state index in [9.17, 15) is 0 Å². The first kappa shape index (κ1) is 29.7. The van der Waals surface area contributed by atoms with Crippen molar-refractivity contribution in [1.29, 1.82) is 0 Å². The van der Waals surface area contributed by atoms with Gasteiger partial charge in [-0.3, -0.25) is 4.57 Å². The van der Waals surface area contributed by atoms with Gasteiger partial charge in [0.25, 0.3) is 0 Å². The number of para-hydroxylation sites is 3. The lowest BCUT2D eigenvalue weighted by Crippen LogP contribution is -1.97. The Labute approximate surface area is 306 Å². The number of imidazole rings is 1. The lowest BCUT2D eigenvalue weighted by Gasteiger charge is -2.20. The minimum atomic E-state index is 0.935. The van der Waals surface area contributed by atoms with Crippen LogP contribution in [0.15, 0.2) is 194 Å². The molecule has 53 heavy (non-hydrogen) atoms. The van der Waals surface area contributed by atoms with Gasteiger partial charge in [0.1, 0.15) is 5.82 Å². The van der Waals surface area contributed by atoms with Gasteiger partial charge in [0.05, 0.1) is 11.0 Å². The van der Waals surface area contributed by atoms with Crippen molar-refractivity contribution in [3.05, 3.63) is 194 Å². The molecule has 0 atom stereocenters. The molecular formula is C51H32N2. The van der Waals surface area contributed by atoms with Crippen LogP contribution in [-0.4, -0.2) is 9.55 Å². The zero-order chi connectivity index (χ0) is 34.9. The summed E-state index contributed by atoms with van der Waals surface area (Å²) in [5.41, 5.74) is 9.23. The normalized spacial score (nSPS) is 11.8. The summed E-state index contributed by atoms with van der Waals surface area (Å²) in [6.07, 6.45) is 0. The zero-order valence-electron chi connectivity index (χ0n) is 28.9. The van der Waals surface area contributed by atoms with Crippen LogP contribution in [0.25, 0.3) is 104 Å². The molecule has 1 heterocycles. The van der Waals surface area contributed by atoms with Crippen molar-refractivity contribution in [2.75, 3.05) is 0 Å². The Balaban J connectivity index is 1.15. The lowest BCUT2D eigenvalue weighted by atomic mass is 9.83. The molecule has 0 N–H and O–H groups in total. The number of nitrogens with zero attached hydrogens (tertiary/aromatic N) is 2. The highest BCUT2D eigenvalue weighted by Gasteiger charge is 2.20. The first-order chi connectivity index (χ1) is 26.3. The van der Waals surface area contributed by atoms with Crippen LogP contribution in [-0.2, 0) is 0 Å². The van der Waals surface area contributed by atoms with Crippen molar-refractivity contribution < 1.29 is 0 Å². The van der Waals surface area contributed by atoms with E-state index < -0.39 is 0 Å². The van der Waals surface area contributed by atoms with E-state index >= 15 is 0 Å². The standard InChI is InChI=1S/C51H32N2/c1-2-16-38(17-3-1)53-48-25-13-12-24-47(48)52-51(53)34-28-26-33(27-29-34)49-41-20-8-10-22-43(41)50(44-23-11-9-21-42(44)49)46-32-37-30-35-14-4-5-15-36(35)31-45(37)39-18-6-7-19-40(39)46/h1-32H. The highest BCUT2D eigenvalue weighted by Crippen LogP contribution is 2.47. The first-order valence-electron chi connectivity index (χ1n) is 18.2. The van der Waals surface area contributed by atoms with Crippen molar-refractivity contribution >= 4 is 64.9 Å². The molecule has 0 aliphatic carbocycles. The molecule has 11 aromatic rings. The molecule has 2 heteroatoms. The molecule has 0 bridgehead atoms. The molecule has 0 aliphatic heterocycles. The summed E-state index contributed by atoms with van der Waals surface area (Å²) in [4.78, 5) is 5.13. The molecule has 2 nitrogen and oxygen atoms in total. The van der Waals surface area contributed by atoms with E-state index in [2.05, 4.69) is 199 Å². The van der Waals surface area contributed by atoms with Gasteiger partial charge < -0.3 is 0 Å². The number of aromatic nitrogens is 2. The van der Waals surface area contributed by atoms with Crippen LogP contribution in [0.4, 0.5) is 0 Å². The van der Waals surface area contributed by atoms with Crippen LogP contribution < -0.4 is 0 Å². The molecule has 0 radical (unpaired) electrons. The third kappa shape index (κ3) is 4.63. The highest BCUT2D eigenvalue weighted by molar-refractivity contribution is 6.26. The molecule has 1 aromatic heterocycles. The molecule has 246 valence electrons. The van der Waals surface area contributed by atoms with Crippen molar-refractivity contribution in [2.24, 2.45) is 0 Å². The van der Waals surface area contributed by atoms with Gasteiger partial charge in [-0.15, -0.1) is 0 Å². The number of hydrogen-bond acceptors (Lipinski definition) is 1. The van der Waals surface area contributed by atoms with E-state index in [4.69, 9.17) is 4.98 Å². The quantitative estimate of drug-likeness (QED) is 0.134. The summed E-state index contributed by atoms with van der Waals surface area (Å²) < 4.78 is 2.26. The molecule has 10 aromatic carbocycles. The Morgan fingerprint density at radius 2 is 0.868 bits per heavy atom. The van der Waals surface area contributed by atoms with Crippen LogP contribution in [0.3, 0.4) is 0 Å². The third-order valence-corrected chi connectivity index (χ3v) is 10.9. The summed E-state index contributed by atoms with van der Waals surface area (Å²) in [7, 11) is 0. The minimum absolute atomic E-state index is 0.935. The fourth-order valence-electron chi connectivity index (χ4n) is 8.58. The number of rotatable bonds is 4. The molecule has 11 rings (SSSR count). The van der Waals surface area contributed by atoms with E-state index in [0.29, 0.717) is 0 Å². The molecule has 0 amide bonds. The van der Waals surface area contributed by atoms with E-state index in [1.807, 2.05) is 0 Å². The maximum Gasteiger partial charge on any atom is 0.145 e. The van der Waals surface area contributed by atoms with Gasteiger partial charge in [-0.2, -0.15) is 0 Å². The SMILES string of the molecule is c1ccc(-n2c(-c3ccc(-c4c5ccccc5c(-c5cc6cc7ccccc7cc6c6ccccc56)c5ccccc45)cc3)nc3ccccc32)cc1. The molecule has 0 aliphatic rings. The second-order valence-electron chi connectivity index (χ2n) is 13.9. The fraction of sp³-hybridized carbons (Fsp3) is 0. The second-order valence-corrected chi connectivity index (χ2v) is 13.9. The van der Waals surface area contributed by atoms with Crippen molar-refractivity contribution in [1.82, 2.24) is 9.55 Å². The Morgan fingerprint density at radius 3 is 1.57 bits per heavy atom. The molecule has 0 fully saturated rings. The number of fused-ring (bicyclic) bond motifs is 7. The predicted octanol–water partition coefficient (Wildman–Crippen LogP) is 13.8. The van der Waals surface area contributed by atoms with E-state index in [1.165, 1.54) is 76.1 Å². The van der Waals surface area contributed by atoms with Crippen LogP contribution in [0.5, 0.6) is 0 Å². The monoisotopic (exact) mass is 672 g/mol. The van der Waals surface area contributed by atoms with Gasteiger partial charge in [-0.25, -0.2) is 4.98 Å². The maximum absolute atomic E-state index is 5.13. The summed E-state index contributed by atoms with van der Waals surface area (Å²) in [6, 6.07) is 70.5. The average Bonchev–Trinajstić information content (AvgIpc) is 3.62. The minimum Gasteiger partial charge on any atom is -0.292 e. The van der Waals surface area contributed by atoms with Crippen LogP contribution in [0.2, 0.25) is 0 Å². The van der Waals surface area contributed by atoms with Crippen LogP contribution in [0.1, 0.15) is 0 Å². The van der Waals surface area contributed by atoms with E-state index in [0.717, 1.165) is 28.1 Å². The highest BCUT2D eigenvalue weighted by atomic mass is 15.1. The average molecular weight is 673 g/mol. The molecule has 0 spiro atoms. The Kier molecular flexibility index (Phi) is 6.59. The summed E-state index contributed by atoms with van der Waals surface area (Å²) in [6.45, 7) is 0.